The molecule has 1 aromatic carbocycles. The zero-order valence-electron chi connectivity index (χ0n) is 10.3. The van der Waals surface area contributed by atoms with Gasteiger partial charge in [0.15, 0.2) is 0 Å². The van der Waals surface area contributed by atoms with Crippen LogP contribution in [0.4, 0.5) is 10.5 Å². The van der Waals surface area contributed by atoms with Crippen LogP contribution in [0.3, 0.4) is 0 Å². The topological polar surface area (TPSA) is 43.8 Å². The number of aliphatic hydroxyl groups is 1. The van der Waals surface area contributed by atoms with E-state index in [4.69, 9.17) is 0 Å². The summed E-state index contributed by atoms with van der Waals surface area (Å²) >= 11 is 0. The van der Waals surface area contributed by atoms with Gasteiger partial charge < -0.3 is 10.0 Å². The molecule has 0 saturated heterocycles. The number of anilines is 1. The van der Waals surface area contributed by atoms with Gasteiger partial charge in [0.25, 0.3) is 0 Å². The van der Waals surface area contributed by atoms with Gasteiger partial charge in [-0.3, -0.25) is 4.90 Å². The minimum Gasteiger partial charge on any atom is -0.392 e. The quantitative estimate of drug-likeness (QED) is 0.867. The largest absolute Gasteiger partial charge is 0.392 e. The van der Waals surface area contributed by atoms with E-state index in [1.165, 1.54) is 0 Å². The van der Waals surface area contributed by atoms with Gasteiger partial charge in [0, 0.05) is 19.6 Å². The summed E-state index contributed by atoms with van der Waals surface area (Å²) in [5, 5.41) is 9.42. The molecule has 1 aliphatic rings. The number of benzene rings is 1. The van der Waals surface area contributed by atoms with E-state index in [0.717, 1.165) is 11.3 Å². The normalized spacial score (nSPS) is 17.0. The first kappa shape index (κ1) is 11.9. The molecule has 0 aromatic heterocycles. The maximum absolute atomic E-state index is 12.2. The lowest BCUT2D eigenvalue weighted by atomic mass is 10.1. The number of fused-ring (bicyclic) bond motifs is 1. The summed E-state index contributed by atoms with van der Waals surface area (Å²) < 4.78 is 0. The van der Waals surface area contributed by atoms with Crippen LogP contribution in [0.2, 0.25) is 0 Å². The molecule has 2 rings (SSSR count). The van der Waals surface area contributed by atoms with Gasteiger partial charge in [0.1, 0.15) is 0 Å². The van der Waals surface area contributed by atoms with E-state index in [2.05, 4.69) is 0 Å². The van der Waals surface area contributed by atoms with Crippen LogP contribution < -0.4 is 4.90 Å². The molecule has 1 heterocycles. The van der Waals surface area contributed by atoms with Crippen molar-refractivity contribution >= 4 is 11.7 Å². The summed E-state index contributed by atoms with van der Waals surface area (Å²) in [7, 11) is 0. The van der Waals surface area contributed by atoms with Crippen molar-refractivity contribution in [3.8, 4) is 0 Å². The minimum absolute atomic E-state index is 0.0212. The molecule has 1 aromatic rings. The summed E-state index contributed by atoms with van der Waals surface area (Å²) in [5.41, 5.74) is 2.12. The summed E-state index contributed by atoms with van der Waals surface area (Å²) in [6.45, 7) is 5.26. The van der Waals surface area contributed by atoms with Gasteiger partial charge in [-0.15, -0.1) is 0 Å². The Morgan fingerprint density at radius 1 is 1.41 bits per heavy atom. The maximum Gasteiger partial charge on any atom is 0.324 e. The number of rotatable bonds is 3. The van der Waals surface area contributed by atoms with Crippen LogP contribution in [0.5, 0.6) is 0 Å². The minimum atomic E-state index is -0.497. The van der Waals surface area contributed by atoms with E-state index in [1.54, 1.807) is 16.7 Å². The standard InChI is InChI=1S/C13H18N2O2/c1-3-15-12-7-5-4-6-11(12)9-14(13(15)17)8-10(2)16/h4-7,10,16H,3,8-9H2,1-2H3. The number of para-hydroxylation sites is 1. The second-order valence-electron chi connectivity index (χ2n) is 4.39. The van der Waals surface area contributed by atoms with Gasteiger partial charge >= 0.3 is 6.03 Å². The van der Waals surface area contributed by atoms with Crippen molar-refractivity contribution in [1.29, 1.82) is 0 Å². The molecule has 0 aliphatic carbocycles. The Bertz CT molecular complexity index is 418. The molecule has 4 heteroatoms. The van der Waals surface area contributed by atoms with Crippen molar-refractivity contribution in [3.05, 3.63) is 29.8 Å². The molecule has 17 heavy (non-hydrogen) atoms. The third-order valence-corrected chi connectivity index (χ3v) is 2.95. The van der Waals surface area contributed by atoms with Gasteiger partial charge in [-0.1, -0.05) is 18.2 Å². The van der Waals surface area contributed by atoms with Crippen LogP contribution in [-0.4, -0.2) is 35.2 Å². The summed E-state index contributed by atoms with van der Waals surface area (Å²) in [6.07, 6.45) is -0.497. The average Bonchev–Trinajstić information content (AvgIpc) is 2.30. The van der Waals surface area contributed by atoms with Crippen LogP contribution in [0, 0.1) is 0 Å². The Kier molecular flexibility index (Phi) is 3.33. The number of hydrogen-bond acceptors (Lipinski definition) is 2. The fourth-order valence-electron chi connectivity index (χ4n) is 2.22. The van der Waals surface area contributed by atoms with Crippen molar-refractivity contribution in [1.82, 2.24) is 4.90 Å². The Morgan fingerprint density at radius 2 is 2.12 bits per heavy atom. The SMILES string of the molecule is CCN1C(=O)N(CC(C)O)Cc2ccccc21. The highest BCUT2D eigenvalue weighted by Crippen LogP contribution is 2.28. The maximum atomic E-state index is 12.2. The van der Waals surface area contributed by atoms with Gasteiger partial charge in [-0.25, -0.2) is 4.79 Å². The Labute approximate surface area is 101 Å². The number of β-amino-alcohol motifs (C(OH)–C–C–N with tert-alkyl or cyclic N) is 1. The lowest BCUT2D eigenvalue weighted by Crippen LogP contribution is -2.49. The first-order valence-corrected chi connectivity index (χ1v) is 5.96. The summed E-state index contributed by atoms with van der Waals surface area (Å²) in [5.74, 6) is 0. The first-order chi connectivity index (χ1) is 8.13. The number of carbonyl (C=O) groups is 1. The van der Waals surface area contributed by atoms with Gasteiger partial charge in [-0.05, 0) is 25.5 Å². The highest BCUT2D eigenvalue weighted by atomic mass is 16.3. The number of aliphatic hydroxyl groups excluding tert-OH is 1. The number of hydrogen-bond donors (Lipinski definition) is 1. The first-order valence-electron chi connectivity index (χ1n) is 5.96. The van der Waals surface area contributed by atoms with Crippen LogP contribution in [0.1, 0.15) is 19.4 Å². The van der Waals surface area contributed by atoms with E-state index in [1.807, 2.05) is 31.2 Å². The average molecular weight is 234 g/mol. The summed E-state index contributed by atoms with van der Waals surface area (Å²) in [6, 6.07) is 7.89. The van der Waals surface area contributed by atoms with Crippen LogP contribution >= 0.6 is 0 Å². The third-order valence-electron chi connectivity index (χ3n) is 2.95. The van der Waals surface area contributed by atoms with Crippen molar-refractivity contribution in [2.45, 2.75) is 26.5 Å². The number of carbonyl (C=O) groups excluding carboxylic acids is 1. The molecule has 0 saturated carbocycles. The highest BCUT2D eigenvalue weighted by Gasteiger charge is 2.29. The zero-order chi connectivity index (χ0) is 12.4. The van der Waals surface area contributed by atoms with Crippen molar-refractivity contribution in [3.63, 3.8) is 0 Å². The zero-order valence-corrected chi connectivity index (χ0v) is 10.3. The Hall–Kier alpha value is -1.55. The molecule has 0 spiro atoms. The van der Waals surface area contributed by atoms with Crippen LogP contribution in [0.15, 0.2) is 24.3 Å². The molecule has 4 nitrogen and oxygen atoms in total. The number of amides is 2. The Morgan fingerprint density at radius 3 is 2.76 bits per heavy atom. The van der Waals surface area contributed by atoms with Gasteiger partial charge in [0.2, 0.25) is 0 Å². The van der Waals surface area contributed by atoms with Crippen molar-refractivity contribution < 1.29 is 9.90 Å². The molecule has 1 N–H and O–H groups in total. The second kappa shape index (κ2) is 4.75. The molecule has 92 valence electrons. The third kappa shape index (κ3) is 2.26. The van der Waals surface area contributed by atoms with E-state index >= 15 is 0 Å². The molecule has 1 atom stereocenters. The molecular formula is C13H18N2O2. The lowest BCUT2D eigenvalue weighted by molar-refractivity contribution is 0.130. The van der Waals surface area contributed by atoms with E-state index < -0.39 is 6.10 Å². The van der Waals surface area contributed by atoms with Crippen LogP contribution in [0.25, 0.3) is 0 Å². The van der Waals surface area contributed by atoms with E-state index in [9.17, 15) is 9.90 Å². The molecule has 0 fully saturated rings. The Balaban J connectivity index is 2.31. The van der Waals surface area contributed by atoms with Gasteiger partial charge in [0.05, 0.1) is 11.8 Å². The molecular weight excluding hydrogens is 216 g/mol. The lowest BCUT2D eigenvalue weighted by Gasteiger charge is -2.37. The fraction of sp³-hybridized carbons (Fsp3) is 0.462. The van der Waals surface area contributed by atoms with Crippen molar-refractivity contribution in [2.24, 2.45) is 0 Å². The smallest absolute Gasteiger partial charge is 0.324 e. The van der Waals surface area contributed by atoms with Crippen LogP contribution in [-0.2, 0) is 6.54 Å². The number of urea groups is 1. The predicted octanol–water partition coefficient (Wildman–Crippen LogP) is 1.83. The monoisotopic (exact) mass is 234 g/mol. The molecule has 1 aliphatic heterocycles. The molecule has 2 amide bonds. The van der Waals surface area contributed by atoms with Crippen molar-refractivity contribution in [2.75, 3.05) is 18.0 Å². The second-order valence-corrected chi connectivity index (χ2v) is 4.39. The highest BCUT2D eigenvalue weighted by molar-refractivity contribution is 5.94. The molecule has 0 bridgehead atoms. The van der Waals surface area contributed by atoms with E-state index in [0.29, 0.717) is 19.6 Å². The van der Waals surface area contributed by atoms with E-state index in [-0.39, 0.29) is 6.03 Å². The molecule has 1 unspecified atom stereocenters. The molecule has 0 radical (unpaired) electrons. The predicted molar refractivity (Wildman–Crippen MR) is 66.9 cm³/mol. The summed E-state index contributed by atoms with van der Waals surface area (Å²) in [4.78, 5) is 15.6. The number of nitrogens with zero attached hydrogens (tertiary/aromatic N) is 2. The van der Waals surface area contributed by atoms with Gasteiger partial charge in [-0.2, -0.15) is 0 Å². The fourth-order valence-corrected chi connectivity index (χ4v) is 2.22.